The molecule has 3 rings (SSSR count). The minimum Gasteiger partial charge on any atom is -0.490 e. The lowest BCUT2D eigenvalue weighted by atomic mass is 9.82. The monoisotopic (exact) mass is 354 g/mol. The van der Waals surface area contributed by atoms with Crippen molar-refractivity contribution < 1.29 is 19.2 Å². The minimum absolute atomic E-state index is 0.188. The average Bonchev–Trinajstić information content (AvgIpc) is 2.80. The molecule has 0 saturated carbocycles. The van der Waals surface area contributed by atoms with Gasteiger partial charge in [0, 0.05) is 11.9 Å². The fourth-order valence-corrected chi connectivity index (χ4v) is 2.99. The van der Waals surface area contributed by atoms with Crippen molar-refractivity contribution in [3.05, 3.63) is 54.6 Å². The molecule has 4 nitrogen and oxygen atoms in total. The summed E-state index contributed by atoms with van der Waals surface area (Å²) < 4.78 is 17.8. The van der Waals surface area contributed by atoms with E-state index in [1.54, 1.807) is 0 Å². The number of aliphatic hydroxyl groups excluding tert-OH is 1. The van der Waals surface area contributed by atoms with Gasteiger partial charge < -0.3 is 19.2 Å². The molecular weight excluding hydrogens is 327 g/mol. The van der Waals surface area contributed by atoms with Crippen molar-refractivity contribution in [1.29, 1.82) is 0 Å². The predicted molar refractivity (Wildman–Crippen MR) is 104 cm³/mol. The molecule has 0 radical (unpaired) electrons. The number of rotatable bonds is 6. The number of para-hydroxylation sites is 1. The van der Waals surface area contributed by atoms with Crippen molar-refractivity contribution in [3.63, 3.8) is 0 Å². The van der Waals surface area contributed by atoms with Crippen molar-refractivity contribution in [2.45, 2.75) is 51.3 Å². The largest absolute Gasteiger partial charge is 0.490 e. The van der Waals surface area contributed by atoms with Gasteiger partial charge in [-0.25, -0.2) is 0 Å². The lowest BCUT2D eigenvalue weighted by molar-refractivity contribution is 0.00578. The molecule has 26 heavy (non-hydrogen) atoms. The van der Waals surface area contributed by atoms with Gasteiger partial charge in [-0.2, -0.15) is 0 Å². The summed E-state index contributed by atoms with van der Waals surface area (Å²) in [5.41, 5.74) is 1.32. The van der Waals surface area contributed by atoms with Crippen molar-refractivity contribution in [3.8, 4) is 16.9 Å². The molecule has 1 aliphatic heterocycles. The van der Waals surface area contributed by atoms with Crippen LogP contribution in [0.4, 0.5) is 0 Å². The smallest absolute Gasteiger partial charge is 0.460 e. The molecule has 1 aliphatic rings. The normalized spacial score (nSPS) is 19.3. The Bertz CT molecular complexity index is 714. The van der Waals surface area contributed by atoms with Gasteiger partial charge in [-0.1, -0.05) is 48.5 Å². The highest BCUT2D eigenvalue weighted by atomic mass is 16.7. The minimum atomic E-state index is -0.673. The third-order valence-electron chi connectivity index (χ3n) is 5.17. The number of aliphatic hydroxyl groups is 1. The highest BCUT2D eigenvalue weighted by Gasteiger charge is 2.51. The van der Waals surface area contributed by atoms with Crippen LogP contribution in [0.15, 0.2) is 54.6 Å². The van der Waals surface area contributed by atoms with Gasteiger partial charge in [0.1, 0.15) is 12.4 Å². The first-order chi connectivity index (χ1) is 12.3. The van der Waals surface area contributed by atoms with Crippen LogP contribution in [0.1, 0.15) is 27.7 Å². The molecule has 1 saturated heterocycles. The Morgan fingerprint density at radius 3 is 2.15 bits per heavy atom. The first-order valence-electron chi connectivity index (χ1n) is 9.09. The van der Waals surface area contributed by atoms with Crippen molar-refractivity contribution in [1.82, 2.24) is 0 Å². The second kappa shape index (κ2) is 7.43. The summed E-state index contributed by atoms with van der Waals surface area (Å²) in [5.74, 6) is 0.756. The Hall–Kier alpha value is -1.82. The van der Waals surface area contributed by atoms with Gasteiger partial charge >= 0.3 is 7.12 Å². The van der Waals surface area contributed by atoms with E-state index in [9.17, 15) is 5.11 Å². The number of ether oxygens (including phenoxy) is 1. The van der Waals surface area contributed by atoms with Gasteiger partial charge in [0.05, 0.1) is 17.3 Å². The molecule has 1 heterocycles. The maximum Gasteiger partial charge on any atom is 0.460 e. The van der Waals surface area contributed by atoms with Crippen molar-refractivity contribution in [2.75, 3.05) is 6.61 Å². The maximum absolute atomic E-state index is 10.4. The number of hydrogen-bond donors (Lipinski definition) is 1. The molecule has 0 spiro atoms. The van der Waals surface area contributed by atoms with Gasteiger partial charge in [0.25, 0.3) is 0 Å². The van der Waals surface area contributed by atoms with E-state index >= 15 is 0 Å². The molecule has 1 fully saturated rings. The fourth-order valence-electron chi connectivity index (χ4n) is 2.99. The molecule has 2 aromatic carbocycles. The Labute approximate surface area is 156 Å². The zero-order chi connectivity index (χ0) is 18.8. The lowest BCUT2D eigenvalue weighted by Gasteiger charge is -2.32. The highest BCUT2D eigenvalue weighted by Crippen LogP contribution is 2.38. The Morgan fingerprint density at radius 1 is 0.923 bits per heavy atom. The molecule has 1 atom stereocenters. The second-order valence-corrected chi connectivity index (χ2v) is 7.75. The van der Waals surface area contributed by atoms with Crippen LogP contribution in [-0.4, -0.2) is 36.1 Å². The van der Waals surface area contributed by atoms with Gasteiger partial charge in [-0.3, -0.25) is 0 Å². The molecule has 5 heteroatoms. The summed E-state index contributed by atoms with van der Waals surface area (Å²) in [6.07, 6.45) is -0.297. The Kier molecular flexibility index (Phi) is 5.42. The van der Waals surface area contributed by atoms with Crippen LogP contribution in [0.2, 0.25) is 6.32 Å². The molecule has 0 aromatic heterocycles. The van der Waals surface area contributed by atoms with E-state index in [2.05, 4.69) is 0 Å². The molecular formula is C21H27BO4. The van der Waals surface area contributed by atoms with Gasteiger partial charge in [-0.05, 0) is 39.3 Å². The third kappa shape index (κ3) is 4.12. The highest BCUT2D eigenvalue weighted by molar-refractivity contribution is 6.45. The van der Waals surface area contributed by atoms with Gasteiger partial charge in [0.2, 0.25) is 0 Å². The quantitative estimate of drug-likeness (QED) is 0.791. The van der Waals surface area contributed by atoms with E-state index < -0.39 is 24.4 Å². The first-order valence-corrected chi connectivity index (χ1v) is 9.09. The summed E-state index contributed by atoms with van der Waals surface area (Å²) in [7, 11) is -0.428. The molecule has 1 unspecified atom stereocenters. The summed E-state index contributed by atoms with van der Waals surface area (Å²) in [6, 6.07) is 17.9. The van der Waals surface area contributed by atoms with E-state index in [1.807, 2.05) is 82.3 Å². The summed E-state index contributed by atoms with van der Waals surface area (Å²) in [6.45, 7) is 8.21. The van der Waals surface area contributed by atoms with Gasteiger partial charge in [-0.15, -0.1) is 0 Å². The number of benzene rings is 2. The Balaban J connectivity index is 1.60. The van der Waals surface area contributed by atoms with Crippen LogP contribution in [0.5, 0.6) is 5.75 Å². The maximum atomic E-state index is 10.4. The van der Waals surface area contributed by atoms with Crippen LogP contribution < -0.4 is 4.74 Å². The molecule has 0 amide bonds. The van der Waals surface area contributed by atoms with E-state index in [0.29, 0.717) is 6.32 Å². The molecule has 138 valence electrons. The van der Waals surface area contributed by atoms with E-state index in [1.165, 1.54) is 0 Å². The second-order valence-electron chi connectivity index (χ2n) is 7.75. The third-order valence-corrected chi connectivity index (χ3v) is 5.17. The van der Waals surface area contributed by atoms with Crippen molar-refractivity contribution in [2.24, 2.45) is 0 Å². The molecule has 2 aromatic rings. The molecule has 0 bridgehead atoms. The standard InChI is InChI=1S/C21H27BO4/c1-20(2)21(3,4)26-22(25-20)14-17(23)15-24-19-13-9-8-12-18(19)16-10-6-5-7-11-16/h5-13,17,23H,14-15H2,1-4H3. The average molecular weight is 354 g/mol. The van der Waals surface area contributed by atoms with E-state index in [-0.39, 0.29) is 6.61 Å². The SMILES string of the molecule is CC1(C)OB(CC(O)COc2ccccc2-c2ccccc2)OC1(C)C. The lowest BCUT2D eigenvalue weighted by Crippen LogP contribution is -2.41. The first kappa shape index (κ1) is 19.0. The van der Waals surface area contributed by atoms with Crippen LogP contribution >= 0.6 is 0 Å². The number of hydrogen-bond acceptors (Lipinski definition) is 4. The van der Waals surface area contributed by atoms with E-state index in [4.69, 9.17) is 14.0 Å². The van der Waals surface area contributed by atoms with Crippen molar-refractivity contribution >= 4 is 7.12 Å². The predicted octanol–water partition coefficient (Wildman–Crippen LogP) is 4.19. The summed E-state index contributed by atoms with van der Waals surface area (Å²) in [4.78, 5) is 0. The molecule has 1 N–H and O–H groups in total. The zero-order valence-corrected chi connectivity index (χ0v) is 15.9. The van der Waals surface area contributed by atoms with Gasteiger partial charge in [0.15, 0.2) is 0 Å². The van der Waals surface area contributed by atoms with E-state index in [0.717, 1.165) is 16.9 Å². The zero-order valence-electron chi connectivity index (χ0n) is 15.9. The fraction of sp³-hybridized carbons (Fsp3) is 0.429. The summed E-state index contributed by atoms with van der Waals surface area (Å²) >= 11 is 0. The van der Waals surface area contributed by atoms with Crippen LogP contribution in [0, 0.1) is 0 Å². The Morgan fingerprint density at radius 2 is 1.50 bits per heavy atom. The van der Waals surface area contributed by atoms with Crippen LogP contribution in [0.25, 0.3) is 11.1 Å². The molecule has 0 aliphatic carbocycles. The topological polar surface area (TPSA) is 47.9 Å². The summed E-state index contributed by atoms with van der Waals surface area (Å²) in [5, 5.41) is 10.4. The van der Waals surface area contributed by atoms with Crippen LogP contribution in [-0.2, 0) is 9.31 Å². The van der Waals surface area contributed by atoms with Crippen LogP contribution in [0.3, 0.4) is 0 Å².